The quantitative estimate of drug-likeness (QED) is 0.163. The van der Waals surface area contributed by atoms with E-state index >= 15 is 0 Å². The van der Waals surface area contributed by atoms with E-state index in [2.05, 4.69) is 248 Å². The second-order valence-electron chi connectivity index (χ2n) is 21.9. The zero-order valence-corrected chi connectivity index (χ0v) is 42.2. The first kappa shape index (κ1) is 46.8. The van der Waals surface area contributed by atoms with Crippen molar-refractivity contribution >= 4 is 34.2 Å². The average Bonchev–Trinajstić information content (AvgIpc) is 4.07. The van der Waals surface area contributed by atoms with Crippen molar-refractivity contribution in [2.75, 3.05) is 38.0 Å². The Balaban J connectivity index is 0.00000578. The Bertz CT molecular complexity index is 2870. The molecule has 4 aliphatic heterocycles. The van der Waals surface area contributed by atoms with Gasteiger partial charge in [-0.15, -0.1) is 0 Å². The fraction of sp³-hybridized carbons (Fsp3) is 0.344. The van der Waals surface area contributed by atoms with Crippen molar-refractivity contribution < 1.29 is 9.15 Å². The zero-order chi connectivity index (χ0) is 47.2. The van der Waals surface area contributed by atoms with Gasteiger partial charge in [0.25, 0.3) is 0 Å². The second kappa shape index (κ2) is 17.1. The predicted molar refractivity (Wildman–Crippen MR) is 291 cm³/mol. The molecule has 0 aromatic heterocycles. The van der Waals surface area contributed by atoms with Gasteiger partial charge >= 0.3 is 0 Å². The Morgan fingerprint density at radius 1 is 0.441 bits per heavy atom. The van der Waals surface area contributed by atoms with Crippen molar-refractivity contribution in [1.82, 2.24) is 0 Å². The summed E-state index contributed by atoms with van der Waals surface area (Å²) < 4.78 is 4.82. The third kappa shape index (κ3) is 7.33. The molecule has 4 nitrogen and oxygen atoms in total. The standard InChI is InChI=1S/C63H70N4.CH4/c1-60(2)48-21-13-17-25-52(48)64(9)56(60)37-33-42-29-30-43(34-38-57-61(3,4)49-22-14-18-26-53(49)65(57)10)46(42)41-47-44(35-39-58-62(5,6)50-23-15-19-27-54(50)66(58)11)31-32-45(47)36-40-59-63(7,8)51-24-16-20-28-55(51)67(59)12;/h13-28,33-40H,29-32,41H2,1-12H3;1H4/q+2;. The maximum absolute atomic E-state index is 2.48. The molecule has 0 atom stereocenters. The summed E-state index contributed by atoms with van der Waals surface area (Å²) in [6.07, 6.45) is 24.7. The molecule has 4 aromatic carbocycles. The highest BCUT2D eigenvalue weighted by Crippen LogP contribution is 2.50. The van der Waals surface area contributed by atoms with Gasteiger partial charge in [0.05, 0.1) is 10.8 Å². The Labute approximate surface area is 408 Å². The Morgan fingerprint density at radius 3 is 1.16 bits per heavy atom. The number of para-hydroxylation sites is 4. The van der Waals surface area contributed by atoms with Gasteiger partial charge in [0.15, 0.2) is 11.4 Å². The number of anilines is 2. The molecule has 68 heavy (non-hydrogen) atoms. The highest BCUT2D eigenvalue weighted by Gasteiger charge is 2.45. The van der Waals surface area contributed by atoms with E-state index in [1.54, 1.807) is 0 Å². The van der Waals surface area contributed by atoms with Crippen LogP contribution < -0.4 is 9.80 Å². The lowest BCUT2D eigenvalue weighted by molar-refractivity contribution is -0.401. The molecule has 4 heteroatoms. The van der Waals surface area contributed by atoms with Crippen LogP contribution >= 0.6 is 0 Å². The molecule has 0 bridgehead atoms. The van der Waals surface area contributed by atoms with Crippen molar-refractivity contribution in [2.45, 2.75) is 117 Å². The van der Waals surface area contributed by atoms with Crippen LogP contribution in [0.1, 0.15) is 117 Å². The smallest absolute Gasteiger partial charge is 0.209 e. The molecule has 4 aromatic rings. The van der Waals surface area contributed by atoms with Crippen molar-refractivity contribution in [2.24, 2.45) is 0 Å². The van der Waals surface area contributed by atoms with Gasteiger partial charge in [0.1, 0.15) is 14.1 Å². The highest BCUT2D eigenvalue weighted by molar-refractivity contribution is 6.04. The highest BCUT2D eigenvalue weighted by atomic mass is 15.2. The molecule has 6 aliphatic rings. The minimum atomic E-state index is -0.0907. The number of fused-ring (bicyclic) bond motifs is 4. The number of hydrogen-bond donors (Lipinski definition) is 0. The molecule has 2 aliphatic carbocycles. The van der Waals surface area contributed by atoms with Gasteiger partial charge < -0.3 is 9.80 Å². The summed E-state index contributed by atoms with van der Waals surface area (Å²) in [5, 5.41) is 0. The minimum absolute atomic E-state index is 0. The molecule has 0 spiro atoms. The topological polar surface area (TPSA) is 12.5 Å². The van der Waals surface area contributed by atoms with E-state index in [9.17, 15) is 0 Å². The fourth-order valence-corrected chi connectivity index (χ4v) is 12.8. The number of hydrogen-bond acceptors (Lipinski definition) is 2. The van der Waals surface area contributed by atoms with Gasteiger partial charge in [-0.2, -0.15) is 9.15 Å². The van der Waals surface area contributed by atoms with Crippen LogP contribution in [0.15, 0.2) is 191 Å². The van der Waals surface area contributed by atoms with Crippen molar-refractivity contribution in [3.63, 3.8) is 0 Å². The molecule has 0 unspecified atom stereocenters. The number of benzene rings is 4. The van der Waals surface area contributed by atoms with Crippen LogP contribution in [0.4, 0.5) is 22.7 Å². The number of likely N-dealkylation sites (N-methyl/N-ethyl adjacent to an activating group) is 2. The molecule has 348 valence electrons. The summed E-state index contributed by atoms with van der Waals surface area (Å²) in [6, 6.07) is 35.7. The van der Waals surface area contributed by atoms with Gasteiger partial charge in [0, 0.05) is 83.1 Å². The second-order valence-corrected chi connectivity index (χ2v) is 21.9. The predicted octanol–water partition coefficient (Wildman–Crippen LogP) is 15.2. The Kier molecular flexibility index (Phi) is 11.7. The van der Waals surface area contributed by atoms with E-state index in [0.717, 1.165) is 32.1 Å². The molecule has 0 radical (unpaired) electrons. The fourth-order valence-electron chi connectivity index (χ4n) is 12.8. The lowest BCUT2D eigenvalue weighted by atomic mass is 9.81. The molecule has 4 heterocycles. The largest absolute Gasteiger partial charge is 0.347 e. The Hall–Kier alpha value is -6.26. The molecule has 0 saturated carbocycles. The lowest BCUT2D eigenvalue weighted by Gasteiger charge is -2.24. The molecular weight excluding hydrogens is 825 g/mol. The normalized spacial score (nSPS) is 23.2. The van der Waals surface area contributed by atoms with Crippen LogP contribution in [0.2, 0.25) is 0 Å². The van der Waals surface area contributed by atoms with Crippen molar-refractivity contribution in [3.05, 3.63) is 213 Å². The molecule has 0 saturated heterocycles. The average molecular weight is 899 g/mol. The van der Waals surface area contributed by atoms with E-state index in [4.69, 9.17) is 0 Å². The number of allylic oxidation sites excluding steroid dienone is 16. The van der Waals surface area contributed by atoms with Crippen molar-refractivity contribution in [1.29, 1.82) is 0 Å². The van der Waals surface area contributed by atoms with Crippen LogP contribution in [-0.4, -0.2) is 48.8 Å². The summed E-state index contributed by atoms with van der Waals surface area (Å²) in [5.41, 5.74) is 24.5. The van der Waals surface area contributed by atoms with E-state index in [-0.39, 0.29) is 29.1 Å². The molecule has 0 N–H and O–H groups in total. The number of rotatable bonds is 8. The SMILES string of the molecule is C.CN1C(=CC=C2CCC(C=CC3=[N+](C)c4ccccc4C3(C)C)=C2CC2=C(C=CC3=[N+](C)c4ccccc4C3(C)C)CCC2=CC=C2N(C)c3ccccc3C2(C)C)C(C)(C)c2ccccc21. The maximum Gasteiger partial charge on any atom is 0.209 e. The zero-order valence-electron chi connectivity index (χ0n) is 42.2. The van der Waals surface area contributed by atoms with Gasteiger partial charge in [-0.25, -0.2) is 0 Å². The third-order valence-electron chi connectivity index (χ3n) is 16.8. The van der Waals surface area contributed by atoms with E-state index in [1.165, 1.54) is 101 Å². The van der Waals surface area contributed by atoms with E-state index < -0.39 is 0 Å². The molecule has 0 amide bonds. The Morgan fingerprint density at radius 2 is 0.794 bits per heavy atom. The summed E-state index contributed by atoms with van der Waals surface area (Å²) in [4.78, 5) is 4.82. The van der Waals surface area contributed by atoms with Crippen LogP contribution in [0, 0.1) is 0 Å². The van der Waals surface area contributed by atoms with Crippen LogP contribution in [0.25, 0.3) is 0 Å². The van der Waals surface area contributed by atoms with Gasteiger partial charge in [0.2, 0.25) is 11.4 Å². The van der Waals surface area contributed by atoms with Crippen LogP contribution in [0.3, 0.4) is 0 Å². The first-order valence-corrected chi connectivity index (χ1v) is 24.7. The molecule has 10 rings (SSSR count). The van der Waals surface area contributed by atoms with Gasteiger partial charge in [-0.1, -0.05) is 132 Å². The summed E-state index contributed by atoms with van der Waals surface area (Å²) in [7, 11) is 8.95. The molecular formula is C64H74N4+2. The third-order valence-corrected chi connectivity index (χ3v) is 16.8. The van der Waals surface area contributed by atoms with Crippen LogP contribution in [0.5, 0.6) is 0 Å². The lowest BCUT2D eigenvalue weighted by Crippen LogP contribution is -2.26. The summed E-state index contributed by atoms with van der Waals surface area (Å²) >= 11 is 0. The van der Waals surface area contributed by atoms with Gasteiger partial charge in [-0.05, 0) is 129 Å². The monoisotopic (exact) mass is 899 g/mol. The van der Waals surface area contributed by atoms with Crippen LogP contribution in [-0.2, 0) is 21.7 Å². The van der Waals surface area contributed by atoms with E-state index in [0.29, 0.717) is 0 Å². The molecule has 0 fully saturated rings. The first-order chi connectivity index (χ1) is 31.9. The van der Waals surface area contributed by atoms with Gasteiger partial charge in [-0.3, -0.25) is 0 Å². The minimum Gasteiger partial charge on any atom is -0.347 e. The first-order valence-electron chi connectivity index (χ1n) is 24.7. The maximum atomic E-state index is 2.48. The summed E-state index contributed by atoms with van der Waals surface area (Å²) in [5.74, 6) is 0. The van der Waals surface area contributed by atoms with Crippen molar-refractivity contribution in [3.8, 4) is 0 Å². The summed E-state index contributed by atoms with van der Waals surface area (Å²) in [6.45, 7) is 19.0. The number of nitrogens with zero attached hydrogens (tertiary/aromatic N) is 4. The van der Waals surface area contributed by atoms with E-state index in [1.807, 2.05) is 0 Å².